The van der Waals surface area contributed by atoms with Crippen molar-refractivity contribution < 1.29 is 0 Å². The van der Waals surface area contributed by atoms with Crippen LogP contribution < -0.4 is 10.1 Å². The fourth-order valence-corrected chi connectivity index (χ4v) is 5.87. The van der Waals surface area contributed by atoms with E-state index in [1.807, 2.05) is 30.3 Å². The summed E-state index contributed by atoms with van der Waals surface area (Å²) in [6.45, 7) is 0.762. The van der Waals surface area contributed by atoms with Gasteiger partial charge in [-0.1, -0.05) is 84.1 Å². The van der Waals surface area contributed by atoms with E-state index in [1.165, 1.54) is 27.7 Å². The van der Waals surface area contributed by atoms with Gasteiger partial charge in [0.25, 0.3) is 5.56 Å². The highest BCUT2D eigenvalue weighted by atomic mass is 32.1. The number of fused-ring (bicyclic) bond motifs is 5. The second-order valence-corrected chi connectivity index (χ2v) is 9.51. The molecule has 0 N–H and O–H groups in total. The molecule has 0 fully saturated rings. The molecule has 0 amide bonds. The highest BCUT2D eigenvalue weighted by Crippen LogP contribution is 2.26. The van der Waals surface area contributed by atoms with Gasteiger partial charge in [-0.3, -0.25) is 4.79 Å². The average molecular weight is 458 g/mol. The molecule has 0 bridgehead atoms. The Bertz CT molecular complexity index is 1970. The van der Waals surface area contributed by atoms with Gasteiger partial charge in [-0.2, -0.15) is 0 Å². The molecule has 162 valence electrons. The van der Waals surface area contributed by atoms with Gasteiger partial charge in [-0.05, 0) is 40.6 Å². The summed E-state index contributed by atoms with van der Waals surface area (Å²) < 4.78 is 4.70. The molecule has 7 rings (SSSR count). The van der Waals surface area contributed by atoms with Crippen LogP contribution in [0.25, 0.3) is 43.7 Å². The van der Waals surface area contributed by atoms with Crippen molar-refractivity contribution in [1.82, 2.24) is 14.0 Å². The van der Waals surface area contributed by atoms with Crippen LogP contribution in [0.5, 0.6) is 0 Å². The van der Waals surface area contributed by atoms with Gasteiger partial charge in [-0.25, -0.2) is 9.38 Å². The maximum Gasteiger partial charge on any atom is 0.274 e. The Morgan fingerprint density at radius 1 is 0.794 bits per heavy atom. The predicted octanol–water partition coefficient (Wildman–Crippen LogP) is 5.61. The molecule has 4 aromatic carbocycles. The third-order valence-corrected chi connectivity index (χ3v) is 7.44. The van der Waals surface area contributed by atoms with Crippen LogP contribution in [-0.4, -0.2) is 14.0 Å². The molecule has 5 heteroatoms. The Labute approximate surface area is 198 Å². The lowest BCUT2D eigenvalue weighted by Crippen LogP contribution is -2.22. The Morgan fingerprint density at radius 3 is 2.44 bits per heavy atom. The molecule has 4 nitrogen and oxygen atoms in total. The normalized spacial score (nSPS) is 12.5. The second-order valence-electron chi connectivity index (χ2n) is 8.50. The summed E-state index contributed by atoms with van der Waals surface area (Å²) in [6.07, 6.45) is 4.17. The Morgan fingerprint density at radius 2 is 1.53 bits per heavy atom. The fraction of sp³-hybridized carbons (Fsp3) is 0.0345. The number of imidazole rings is 1. The lowest BCUT2D eigenvalue weighted by atomic mass is 10.0. The summed E-state index contributed by atoms with van der Waals surface area (Å²) in [5.74, 6) is 0. The number of thiazole rings is 1. The summed E-state index contributed by atoms with van der Waals surface area (Å²) in [5, 5.41) is 3.65. The van der Waals surface area contributed by atoms with E-state index in [0.717, 1.165) is 39.0 Å². The first-order valence-electron chi connectivity index (χ1n) is 11.2. The van der Waals surface area contributed by atoms with Crippen LogP contribution in [0.1, 0.15) is 11.1 Å². The third-order valence-electron chi connectivity index (χ3n) is 6.47. The number of rotatable bonds is 3. The van der Waals surface area contributed by atoms with Gasteiger partial charge in [0.2, 0.25) is 0 Å². The van der Waals surface area contributed by atoms with E-state index in [2.05, 4.69) is 82.5 Å². The van der Waals surface area contributed by atoms with Crippen molar-refractivity contribution in [2.75, 3.05) is 0 Å². The molecule has 0 spiro atoms. The van der Waals surface area contributed by atoms with Crippen LogP contribution in [0.15, 0.2) is 102 Å². The molecule has 0 saturated heterocycles. The number of hydrogen-bond donors (Lipinski definition) is 0. The minimum atomic E-state index is -0.0143. The van der Waals surface area contributed by atoms with Crippen molar-refractivity contribution in [3.8, 4) is 0 Å². The Hall–Kier alpha value is -4.22. The molecule has 0 atom stereocenters. The molecule has 0 saturated carbocycles. The maximum atomic E-state index is 13.3. The van der Waals surface area contributed by atoms with Gasteiger partial charge in [0.1, 0.15) is 0 Å². The van der Waals surface area contributed by atoms with E-state index in [1.54, 1.807) is 4.40 Å². The number of hydrogen-bond acceptors (Lipinski definition) is 3. The number of para-hydroxylation sites is 3. The van der Waals surface area contributed by atoms with Crippen LogP contribution in [0.2, 0.25) is 0 Å². The van der Waals surface area contributed by atoms with E-state index in [9.17, 15) is 4.79 Å². The molecule has 0 aliphatic heterocycles. The van der Waals surface area contributed by atoms with Gasteiger partial charge >= 0.3 is 0 Å². The third kappa shape index (κ3) is 2.91. The molecule has 0 aliphatic carbocycles. The molecule has 0 radical (unpaired) electrons. The molecular weight excluding hydrogens is 438 g/mol. The summed E-state index contributed by atoms with van der Waals surface area (Å²) in [7, 11) is 0. The van der Waals surface area contributed by atoms with E-state index >= 15 is 0 Å². The van der Waals surface area contributed by atoms with Crippen molar-refractivity contribution >= 4 is 55.1 Å². The van der Waals surface area contributed by atoms with Gasteiger partial charge in [0, 0.05) is 29.2 Å². The van der Waals surface area contributed by atoms with Crippen molar-refractivity contribution in [2.24, 2.45) is 0 Å². The van der Waals surface area contributed by atoms with Crippen molar-refractivity contribution in [3.63, 3.8) is 0 Å². The zero-order chi connectivity index (χ0) is 22.6. The first-order valence-corrected chi connectivity index (χ1v) is 12.0. The molecule has 3 aromatic heterocycles. The molecule has 7 aromatic rings. The van der Waals surface area contributed by atoms with Crippen LogP contribution in [-0.2, 0) is 6.54 Å². The van der Waals surface area contributed by atoms with E-state index in [0.29, 0.717) is 4.53 Å². The van der Waals surface area contributed by atoms with Gasteiger partial charge < -0.3 is 4.57 Å². The first-order chi connectivity index (χ1) is 16.8. The molecule has 3 heterocycles. The average Bonchev–Trinajstić information content (AvgIpc) is 3.51. The quantitative estimate of drug-likeness (QED) is 0.346. The van der Waals surface area contributed by atoms with Crippen molar-refractivity contribution in [3.05, 3.63) is 123 Å². The largest absolute Gasteiger partial charge is 0.342 e. The van der Waals surface area contributed by atoms with Gasteiger partial charge in [0.05, 0.1) is 15.6 Å². The molecule has 0 unspecified atom stereocenters. The lowest BCUT2D eigenvalue weighted by molar-refractivity contribution is 0.842. The van der Waals surface area contributed by atoms with Crippen LogP contribution in [0.3, 0.4) is 0 Å². The highest BCUT2D eigenvalue weighted by Gasteiger charge is 2.13. The SMILES string of the molecule is O=c1/c(=C/c2cn(Cc3cccc4ccccc34)c3ccccc23)sc2nc3ccccc3n12. The number of aromatic nitrogens is 3. The van der Waals surface area contributed by atoms with E-state index in [-0.39, 0.29) is 5.56 Å². The van der Waals surface area contributed by atoms with E-state index < -0.39 is 0 Å². The maximum absolute atomic E-state index is 13.3. The van der Waals surface area contributed by atoms with Crippen molar-refractivity contribution in [1.29, 1.82) is 0 Å². The number of benzene rings is 4. The van der Waals surface area contributed by atoms with Gasteiger partial charge in [-0.15, -0.1) is 0 Å². The minimum Gasteiger partial charge on any atom is -0.342 e. The standard InChI is InChI=1S/C29H19N3OS/c33-28-27(34-29-30-24-13-4-6-15-26(24)32(28)29)16-21-18-31(25-14-5-3-12-23(21)25)17-20-10-7-9-19-8-1-2-11-22(19)20/h1-16,18H,17H2/b27-16-. The summed E-state index contributed by atoms with van der Waals surface area (Å²) in [6, 6.07) is 31.1. The number of nitrogens with zero attached hydrogens (tertiary/aromatic N) is 3. The lowest BCUT2D eigenvalue weighted by Gasteiger charge is -2.09. The fourth-order valence-electron chi connectivity index (χ4n) is 4.89. The zero-order valence-electron chi connectivity index (χ0n) is 18.2. The van der Waals surface area contributed by atoms with Crippen molar-refractivity contribution in [2.45, 2.75) is 6.54 Å². The monoisotopic (exact) mass is 457 g/mol. The topological polar surface area (TPSA) is 39.3 Å². The smallest absolute Gasteiger partial charge is 0.274 e. The second kappa shape index (κ2) is 7.40. The predicted molar refractivity (Wildman–Crippen MR) is 141 cm³/mol. The van der Waals surface area contributed by atoms with E-state index in [4.69, 9.17) is 0 Å². The summed E-state index contributed by atoms with van der Waals surface area (Å²) in [5.41, 5.74) is 5.17. The molecule has 0 aliphatic rings. The van der Waals surface area contributed by atoms with Crippen LogP contribution >= 0.6 is 11.3 Å². The summed E-state index contributed by atoms with van der Waals surface area (Å²) in [4.78, 5) is 18.7. The van der Waals surface area contributed by atoms with Crippen LogP contribution in [0, 0.1) is 0 Å². The zero-order valence-corrected chi connectivity index (χ0v) is 19.0. The highest BCUT2D eigenvalue weighted by molar-refractivity contribution is 7.15. The molecule has 34 heavy (non-hydrogen) atoms. The Balaban J connectivity index is 1.40. The molecular formula is C29H19N3OS. The first kappa shape index (κ1) is 19.3. The Kier molecular flexibility index (Phi) is 4.19. The minimum absolute atomic E-state index is 0.0143. The van der Waals surface area contributed by atoms with Crippen LogP contribution in [0.4, 0.5) is 0 Å². The van der Waals surface area contributed by atoms with Gasteiger partial charge in [0.15, 0.2) is 4.96 Å². The summed E-state index contributed by atoms with van der Waals surface area (Å²) >= 11 is 1.44.